The van der Waals surface area contributed by atoms with Gasteiger partial charge in [0.05, 0.1) is 34.5 Å². The van der Waals surface area contributed by atoms with Crippen molar-refractivity contribution in [2.45, 2.75) is 6.54 Å². The molecule has 37 heavy (non-hydrogen) atoms. The SMILES string of the molecule is COC(=O)/C(O)=C(\O)C(=O)OC.[C-]#[N+]C1=CCN=C1N.[C-]#[N+]C1=CCn2c1nc(C(=O)OC)c(O)c2=O. The molecule has 1 aromatic heterocycles. The van der Waals surface area contributed by atoms with Gasteiger partial charge in [0.15, 0.2) is 5.69 Å². The van der Waals surface area contributed by atoms with Crippen LogP contribution in [0.5, 0.6) is 5.75 Å². The predicted molar refractivity (Wildman–Crippen MR) is 124 cm³/mol. The highest BCUT2D eigenvalue weighted by Crippen LogP contribution is 2.22. The minimum absolute atomic E-state index is 0.0724. The molecule has 0 saturated heterocycles. The summed E-state index contributed by atoms with van der Waals surface area (Å²) >= 11 is 0. The number of hydrogen-bond donors (Lipinski definition) is 4. The lowest BCUT2D eigenvalue weighted by Crippen LogP contribution is -2.24. The summed E-state index contributed by atoms with van der Waals surface area (Å²) in [5.74, 6) is -6.01. The molecule has 2 aliphatic rings. The quantitative estimate of drug-likeness (QED) is 0.135. The summed E-state index contributed by atoms with van der Waals surface area (Å²) < 4.78 is 13.5. The van der Waals surface area contributed by atoms with Crippen LogP contribution in [0.2, 0.25) is 0 Å². The molecule has 0 saturated carbocycles. The number of amidine groups is 1. The number of carbonyl (C=O) groups is 3. The van der Waals surface area contributed by atoms with E-state index >= 15 is 0 Å². The third-order valence-electron chi connectivity index (χ3n) is 4.25. The van der Waals surface area contributed by atoms with Crippen molar-refractivity contribution in [1.29, 1.82) is 0 Å². The van der Waals surface area contributed by atoms with Gasteiger partial charge in [-0.3, -0.25) is 14.4 Å². The van der Waals surface area contributed by atoms with E-state index in [0.717, 1.165) is 25.9 Å². The smallest absolute Gasteiger partial charge is 0.377 e. The molecular formula is C21H20N6O10. The van der Waals surface area contributed by atoms with Crippen molar-refractivity contribution in [3.63, 3.8) is 0 Å². The molecule has 0 amide bonds. The summed E-state index contributed by atoms with van der Waals surface area (Å²) in [7, 11) is 3.09. The molecular weight excluding hydrogens is 496 g/mol. The summed E-state index contributed by atoms with van der Waals surface area (Å²) in [5.41, 5.74) is 4.69. The third-order valence-corrected chi connectivity index (χ3v) is 4.25. The molecule has 3 heterocycles. The molecule has 5 N–H and O–H groups in total. The molecule has 194 valence electrons. The zero-order chi connectivity index (χ0) is 28.3. The lowest BCUT2D eigenvalue weighted by molar-refractivity contribution is -0.144. The van der Waals surface area contributed by atoms with Crippen molar-refractivity contribution < 1.29 is 43.9 Å². The highest BCUT2D eigenvalue weighted by molar-refractivity contribution is 6.00. The van der Waals surface area contributed by atoms with Crippen LogP contribution in [-0.2, 0) is 30.3 Å². The number of aliphatic imine (C=N–C) groups is 1. The maximum Gasteiger partial charge on any atom is 0.377 e. The second-order valence-corrected chi connectivity index (χ2v) is 6.35. The zero-order valence-electron chi connectivity index (χ0n) is 19.6. The average molecular weight is 516 g/mol. The Morgan fingerprint density at radius 3 is 1.92 bits per heavy atom. The molecule has 2 aliphatic heterocycles. The lowest BCUT2D eigenvalue weighted by atomic mass is 10.3. The van der Waals surface area contributed by atoms with Crippen LogP contribution in [0.15, 0.2) is 39.2 Å². The number of aliphatic hydroxyl groups is 2. The van der Waals surface area contributed by atoms with Crippen LogP contribution >= 0.6 is 0 Å². The van der Waals surface area contributed by atoms with Crippen LogP contribution < -0.4 is 11.3 Å². The van der Waals surface area contributed by atoms with Crippen LogP contribution in [0.4, 0.5) is 0 Å². The van der Waals surface area contributed by atoms with Crippen molar-refractivity contribution in [3.05, 3.63) is 74.1 Å². The molecule has 1 aromatic rings. The molecule has 0 spiro atoms. The number of ether oxygens (including phenoxy) is 3. The topological polar surface area (TPSA) is 222 Å². The Hall–Kier alpha value is -5.64. The summed E-state index contributed by atoms with van der Waals surface area (Å²) in [6.45, 7) is 14.2. The van der Waals surface area contributed by atoms with Crippen molar-refractivity contribution >= 4 is 29.4 Å². The Kier molecular flexibility index (Phi) is 10.6. The van der Waals surface area contributed by atoms with Gasteiger partial charge < -0.3 is 35.3 Å². The number of carbonyl (C=O) groups excluding carboxylic acids is 3. The first kappa shape index (κ1) is 29.4. The van der Waals surface area contributed by atoms with Crippen LogP contribution in [-0.4, -0.2) is 76.5 Å². The van der Waals surface area contributed by atoms with E-state index < -0.39 is 46.4 Å². The maximum atomic E-state index is 11.7. The molecule has 0 fully saturated rings. The Balaban J connectivity index is 0.000000299. The zero-order valence-corrected chi connectivity index (χ0v) is 19.6. The standard InChI is InChI=1S/C10H7N3O4.C6H8O6.C5H5N3/c1-11-5-3-4-13-8(5)12-6(10(16)17-2)7(14)9(13)15;1-11-5(9)3(7)4(8)6(10)12-2;1-7-4-2-3-8-5(4)6/h3,14H,4H2,2H3;7-8H,1-2H3;2H,3H2,(H2,6,8)/b;4-3+;. The van der Waals surface area contributed by atoms with Gasteiger partial charge in [-0.15, -0.1) is 0 Å². The van der Waals surface area contributed by atoms with E-state index in [2.05, 4.69) is 33.9 Å². The van der Waals surface area contributed by atoms with E-state index in [-0.39, 0.29) is 18.1 Å². The summed E-state index contributed by atoms with van der Waals surface area (Å²) in [4.78, 5) is 57.8. The van der Waals surface area contributed by atoms with Crippen molar-refractivity contribution in [2.24, 2.45) is 10.7 Å². The number of aromatic nitrogens is 2. The van der Waals surface area contributed by atoms with Crippen LogP contribution in [0.1, 0.15) is 16.3 Å². The molecule has 0 radical (unpaired) electrons. The van der Waals surface area contributed by atoms with E-state index in [4.69, 9.17) is 29.1 Å². The van der Waals surface area contributed by atoms with E-state index in [1.54, 1.807) is 6.08 Å². The largest absolute Gasteiger partial charge is 0.501 e. The minimum atomic E-state index is -1.21. The molecule has 0 atom stereocenters. The highest BCUT2D eigenvalue weighted by Gasteiger charge is 2.26. The number of aliphatic hydroxyl groups excluding tert-OH is 2. The van der Waals surface area contributed by atoms with Crippen LogP contribution in [0, 0.1) is 13.1 Å². The summed E-state index contributed by atoms with van der Waals surface area (Å²) in [6, 6.07) is 0. The number of nitrogens with two attached hydrogens (primary N) is 1. The van der Waals surface area contributed by atoms with Crippen molar-refractivity contribution in [3.8, 4) is 5.75 Å². The van der Waals surface area contributed by atoms with Gasteiger partial charge in [0, 0.05) is 13.1 Å². The number of nitrogens with zero attached hydrogens (tertiary/aromatic N) is 5. The van der Waals surface area contributed by atoms with Gasteiger partial charge in [-0.05, 0) is 0 Å². The molecule has 0 aliphatic carbocycles. The molecule has 0 unspecified atom stereocenters. The van der Waals surface area contributed by atoms with Gasteiger partial charge in [0.25, 0.3) is 17.1 Å². The van der Waals surface area contributed by atoms with E-state index in [1.807, 2.05) is 0 Å². The second kappa shape index (κ2) is 13.3. The van der Waals surface area contributed by atoms with E-state index in [0.29, 0.717) is 18.1 Å². The first-order chi connectivity index (χ1) is 17.5. The first-order valence-corrected chi connectivity index (χ1v) is 9.65. The minimum Gasteiger partial charge on any atom is -0.501 e. The molecule has 0 aromatic carbocycles. The first-order valence-electron chi connectivity index (χ1n) is 9.65. The van der Waals surface area contributed by atoms with Gasteiger partial charge in [0.1, 0.15) is 11.7 Å². The average Bonchev–Trinajstić information content (AvgIpc) is 3.54. The molecule has 16 heteroatoms. The number of rotatable bonds is 3. The molecule has 3 rings (SSSR count). The summed E-state index contributed by atoms with van der Waals surface area (Å²) in [5, 5.41) is 27.0. The van der Waals surface area contributed by atoms with Gasteiger partial charge in [-0.2, -0.15) is 0 Å². The molecule has 0 bridgehead atoms. The number of hydrogen-bond acceptors (Lipinski definition) is 13. The van der Waals surface area contributed by atoms with Crippen LogP contribution in [0.25, 0.3) is 15.4 Å². The van der Waals surface area contributed by atoms with Gasteiger partial charge in [-0.1, -0.05) is 12.2 Å². The fourth-order valence-electron chi connectivity index (χ4n) is 2.42. The monoisotopic (exact) mass is 516 g/mol. The fourth-order valence-corrected chi connectivity index (χ4v) is 2.42. The number of methoxy groups -OCH3 is 3. The fraction of sp³-hybridized carbons (Fsp3) is 0.238. The Labute approximate surface area is 208 Å². The Bertz CT molecular complexity index is 1350. The predicted octanol–water partition coefficient (Wildman–Crippen LogP) is -0.170. The van der Waals surface area contributed by atoms with Gasteiger partial charge in [-0.25, -0.2) is 29.1 Å². The second-order valence-electron chi connectivity index (χ2n) is 6.35. The van der Waals surface area contributed by atoms with Crippen molar-refractivity contribution in [2.75, 3.05) is 27.9 Å². The molecule has 16 nitrogen and oxygen atoms in total. The van der Waals surface area contributed by atoms with Crippen LogP contribution in [0.3, 0.4) is 0 Å². The van der Waals surface area contributed by atoms with Gasteiger partial charge in [0.2, 0.25) is 17.1 Å². The summed E-state index contributed by atoms with van der Waals surface area (Å²) in [6.07, 6.45) is 3.21. The van der Waals surface area contributed by atoms with E-state index in [1.165, 1.54) is 6.08 Å². The lowest BCUT2D eigenvalue weighted by Gasteiger charge is -2.07. The maximum absolute atomic E-state index is 11.7. The number of fused-ring (bicyclic) bond motifs is 1. The third kappa shape index (κ3) is 6.93. The normalized spacial score (nSPS) is 13.2. The number of allylic oxidation sites excluding steroid dienone is 1. The highest BCUT2D eigenvalue weighted by atomic mass is 16.5. The van der Waals surface area contributed by atoms with Gasteiger partial charge >= 0.3 is 17.9 Å². The van der Waals surface area contributed by atoms with Crippen molar-refractivity contribution in [1.82, 2.24) is 9.55 Å². The number of esters is 3. The Morgan fingerprint density at radius 1 is 1.00 bits per heavy atom. The Morgan fingerprint density at radius 2 is 1.54 bits per heavy atom. The number of aromatic hydroxyl groups is 1. The van der Waals surface area contributed by atoms with E-state index in [9.17, 15) is 24.3 Å².